The average Bonchev–Trinajstić information content (AvgIpc) is 2.70. The number of nitrogens with one attached hydrogen (secondary N) is 1. The highest BCUT2D eigenvalue weighted by molar-refractivity contribution is 7.89. The molecule has 28 heavy (non-hydrogen) atoms. The van der Waals surface area contributed by atoms with Crippen LogP contribution in [-0.2, 0) is 10.0 Å². The third-order valence-electron chi connectivity index (χ3n) is 4.25. The van der Waals surface area contributed by atoms with E-state index in [1.807, 2.05) is 0 Å². The summed E-state index contributed by atoms with van der Waals surface area (Å²) in [7, 11) is -4.40. The highest BCUT2D eigenvalue weighted by atomic mass is 32.2. The molecule has 2 atom stereocenters. The molecule has 4 nitrogen and oxygen atoms in total. The van der Waals surface area contributed by atoms with E-state index in [-0.39, 0.29) is 0 Å². The van der Waals surface area contributed by atoms with Crippen LogP contribution in [0.2, 0.25) is 0 Å². The first-order chi connectivity index (χ1) is 13.3. The molecule has 0 spiro atoms. The molecular weight excluding hydrogens is 389 g/mol. The second-order valence-corrected chi connectivity index (χ2v) is 7.86. The first-order valence-electron chi connectivity index (χ1n) is 8.32. The third kappa shape index (κ3) is 4.24. The summed E-state index contributed by atoms with van der Waals surface area (Å²) < 4.78 is 68.1. The van der Waals surface area contributed by atoms with Crippen molar-refractivity contribution in [3.8, 4) is 0 Å². The summed E-state index contributed by atoms with van der Waals surface area (Å²) in [5.41, 5.74) is 7.53. The zero-order valence-corrected chi connectivity index (χ0v) is 15.3. The summed E-state index contributed by atoms with van der Waals surface area (Å²) in [4.78, 5) is -0.731. The van der Waals surface area contributed by atoms with Gasteiger partial charge in [-0.2, -0.15) is 0 Å². The quantitative estimate of drug-likeness (QED) is 0.612. The molecule has 0 aliphatic rings. The van der Waals surface area contributed by atoms with Crippen LogP contribution in [0.5, 0.6) is 0 Å². The summed E-state index contributed by atoms with van der Waals surface area (Å²) in [6.45, 7) is 0. The van der Waals surface area contributed by atoms with Gasteiger partial charge >= 0.3 is 0 Å². The van der Waals surface area contributed by atoms with Crippen LogP contribution in [0, 0.1) is 17.5 Å². The van der Waals surface area contributed by atoms with Gasteiger partial charge in [0.1, 0.15) is 0 Å². The van der Waals surface area contributed by atoms with E-state index >= 15 is 0 Å². The highest BCUT2D eigenvalue weighted by Crippen LogP contribution is 2.29. The summed E-state index contributed by atoms with van der Waals surface area (Å²) in [6, 6.07) is 16.5. The first-order valence-corrected chi connectivity index (χ1v) is 9.80. The smallest absolute Gasteiger partial charge is 0.241 e. The Balaban J connectivity index is 2.02. The Morgan fingerprint density at radius 2 is 1.25 bits per heavy atom. The van der Waals surface area contributed by atoms with Gasteiger partial charge in [0, 0.05) is 0 Å². The van der Waals surface area contributed by atoms with E-state index in [9.17, 15) is 21.6 Å². The summed E-state index contributed by atoms with van der Waals surface area (Å²) in [6.07, 6.45) is 0. The minimum Gasteiger partial charge on any atom is -0.322 e. The van der Waals surface area contributed by atoms with Gasteiger partial charge in [-0.3, -0.25) is 0 Å². The van der Waals surface area contributed by atoms with Crippen LogP contribution >= 0.6 is 0 Å². The lowest BCUT2D eigenvalue weighted by Crippen LogP contribution is -2.36. The topological polar surface area (TPSA) is 72.2 Å². The van der Waals surface area contributed by atoms with Crippen LogP contribution in [-0.4, -0.2) is 8.42 Å². The molecular formula is C20H17F3N2O2S. The monoisotopic (exact) mass is 406 g/mol. The van der Waals surface area contributed by atoms with Gasteiger partial charge in [-0.1, -0.05) is 60.7 Å². The summed E-state index contributed by atoms with van der Waals surface area (Å²) >= 11 is 0. The Morgan fingerprint density at radius 1 is 0.786 bits per heavy atom. The average molecular weight is 406 g/mol. The van der Waals surface area contributed by atoms with Crippen molar-refractivity contribution in [3.05, 3.63) is 101 Å². The molecule has 3 N–H and O–H groups in total. The molecule has 0 aliphatic carbocycles. The highest BCUT2D eigenvalue weighted by Gasteiger charge is 2.28. The molecule has 0 amide bonds. The minimum absolute atomic E-state index is 0.427. The van der Waals surface area contributed by atoms with Crippen molar-refractivity contribution in [1.29, 1.82) is 0 Å². The Labute approximate surface area is 160 Å². The van der Waals surface area contributed by atoms with Crippen molar-refractivity contribution in [2.45, 2.75) is 17.0 Å². The van der Waals surface area contributed by atoms with Crippen molar-refractivity contribution < 1.29 is 21.6 Å². The predicted molar refractivity (Wildman–Crippen MR) is 99.2 cm³/mol. The van der Waals surface area contributed by atoms with E-state index in [0.717, 1.165) is 0 Å². The molecule has 0 aliphatic heterocycles. The van der Waals surface area contributed by atoms with Gasteiger partial charge in [0.2, 0.25) is 10.0 Å². The lowest BCUT2D eigenvalue weighted by atomic mass is 9.95. The van der Waals surface area contributed by atoms with E-state index in [1.54, 1.807) is 60.7 Å². The Bertz CT molecular complexity index is 1040. The van der Waals surface area contributed by atoms with Crippen LogP contribution in [0.15, 0.2) is 77.7 Å². The number of nitrogens with two attached hydrogens (primary N) is 1. The predicted octanol–water partition coefficient (Wildman–Crippen LogP) is 3.82. The van der Waals surface area contributed by atoms with Crippen molar-refractivity contribution in [1.82, 2.24) is 4.72 Å². The molecule has 8 heteroatoms. The lowest BCUT2D eigenvalue weighted by molar-refractivity contribution is 0.441. The minimum atomic E-state index is -4.40. The van der Waals surface area contributed by atoms with Crippen LogP contribution in [0.25, 0.3) is 0 Å². The fourth-order valence-electron chi connectivity index (χ4n) is 2.80. The Kier molecular flexibility index (Phi) is 5.83. The number of hydrogen-bond donors (Lipinski definition) is 2. The molecule has 0 unspecified atom stereocenters. The first kappa shape index (κ1) is 20.1. The standard InChI is InChI=1S/C20H17F3N2O2S/c21-16-11-15(12-17(22)18(16)23)28(26,27)25-20(14-9-5-2-6-10-14)19(24)13-7-3-1-4-8-13/h1-12,19-20,25H,24H2/t19-,20-/m0/s1. The summed E-state index contributed by atoms with van der Waals surface area (Å²) in [5, 5.41) is 0. The molecule has 3 rings (SSSR count). The van der Waals surface area contributed by atoms with Crippen molar-refractivity contribution in [2.24, 2.45) is 5.73 Å². The maximum Gasteiger partial charge on any atom is 0.241 e. The SMILES string of the molecule is N[C@@H](c1ccccc1)[C@@H](NS(=O)(=O)c1cc(F)c(F)c(F)c1)c1ccccc1. The summed E-state index contributed by atoms with van der Waals surface area (Å²) in [5.74, 6) is -4.92. The molecule has 0 fully saturated rings. The Hall–Kier alpha value is -2.68. The van der Waals surface area contributed by atoms with Gasteiger partial charge < -0.3 is 5.73 Å². The number of halogens is 3. The van der Waals surface area contributed by atoms with Gasteiger partial charge in [0.05, 0.1) is 17.0 Å². The van der Waals surface area contributed by atoms with Crippen molar-refractivity contribution in [2.75, 3.05) is 0 Å². The van der Waals surface area contributed by atoms with Crippen molar-refractivity contribution in [3.63, 3.8) is 0 Å². The Morgan fingerprint density at radius 3 is 1.75 bits per heavy atom. The molecule has 3 aromatic carbocycles. The van der Waals surface area contributed by atoms with Gasteiger partial charge in [-0.05, 0) is 23.3 Å². The maximum absolute atomic E-state index is 13.5. The molecule has 146 valence electrons. The zero-order chi connectivity index (χ0) is 20.3. The van der Waals surface area contributed by atoms with Gasteiger partial charge in [-0.15, -0.1) is 0 Å². The van der Waals surface area contributed by atoms with E-state index in [4.69, 9.17) is 5.73 Å². The van der Waals surface area contributed by atoms with E-state index in [2.05, 4.69) is 4.72 Å². The van der Waals surface area contributed by atoms with E-state index in [1.165, 1.54) is 0 Å². The van der Waals surface area contributed by atoms with E-state index < -0.39 is 44.5 Å². The molecule has 0 saturated carbocycles. The normalized spacial score (nSPS) is 13.9. The van der Waals surface area contributed by atoms with Gasteiger partial charge in [-0.25, -0.2) is 26.3 Å². The van der Waals surface area contributed by atoms with Crippen LogP contribution in [0.1, 0.15) is 23.2 Å². The van der Waals surface area contributed by atoms with Crippen LogP contribution in [0.4, 0.5) is 13.2 Å². The molecule has 0 bridgehead atoms. The zero-order valence-electron chi connectivity index (χ0n) is 14.5. The van der Waals surface area contributed by atoms with Crippen molar-refractivity contribution >= 4 is 10.0 Å². The second-order valence-electron chi connectivity index (χ2n) is 6.15. The number of rotatable bonds is 6. The molecule has 3 aromatic rings. The second kappa shape index (κ2) is 8.14. The largest absolute Gasteiger partial charge is 0.322 e. The van der Waals surface area contributed by atoms with Crippen LogP contribution < -0.4 is 10.5 Å². The van der Waals surface area contributed by atoms with Gasteiger partial charge in [0.25, 0.3) is 0 Å². The fourth-order valence-corrected chi connectivity index (χ4v) is 4.07. The number of hydrogen-bond acceptors (Lipinski definition) is 3. The maximum atomic E-state index is 13.5. The lowest BCUT2D eigenvalue weighted by Gasteiger charge is -2.26. The third-order valence-corrected chi connectivity index (χ3v) is 5.67. The fraction of sp³-hybridized carbons (Fsp3) is 0.100. The number of benzene rings is 3. The molecule has 0 aromatic heterocycles. The van der Waals surface area contributed by atoms with E-state index in [0.29, 0.717) is 23.3 Å². The molecule has 0 heterocycles. The van der Waals surface area contributed by atoms with Crippen LogP contribution in [0.3, 0.4) is 0 Å². The molecule has 0 saturated heterocycles. The number of sulfonamides is 1. The van der Waals surface area contributed by atoms with Gasteiger partial charge in [0.15, 0.2) is 17.5 Å². The molecule has 0 radical (unpaired) electrons.